The van der Waals surface area contributed by atoms with E-state index in [-0.39, 0.29) is 18.6 Å². The van der Waals surface area contributed by atoms with Gasteiger partial charge in [0.05, 0.1) is 17.9 Å². The third kappa shape index (κ3) is 2.29. The lowest BCUT2D eigenvalue weighted by Crippen LogP contribution is -2.38. The van der Waals surface area contributed by atoms with Crippen LogP contribution in [0.5, 0.6) is 5.75 Å². The van der Waals surface area contributed by atoms with Crippen molar-refractivity contribution in [2.45, 2.75) is 13.0 Å². The summed E-state index contributed by atoms with van der Waals surface area (Å²) in [7, 11) is 0. The highest BCUT2D eigenvalue weighted by Gasteiger charge is 2.33. The predicted molar refractivity (Wildman–Crippen MR) is 76.6 cm³/mol. The second kappa shape index (κ2) is 5.25. The van der Waals surface area contributed by atoms with Gasteiger partial charge in [0.2, 0.25) is 0 Å². The second-order valence-electron chi connectivity index (χ2n) is 4.93. The molecule has 112 valence electrons. The Hall–Kier alpha value is -2.28. The molecule has 0 spiro atoms. The maximum Gasteiger partial charge on any atom is 0.414 e. The quantitative estimate of drug-likeness (QED) is 0.886. The predicted octanol–water partition coefficient (Wildman–Crippen LogP) is 0.716. The van der Waals surface area contributed by atoms with Crippen molar-refractivity contribution in [3.8, 4) is 5.75 Å². The Morgan fingerprint density at radius 3 is 2.86 bits per heavy atom. The number of likely N-dealkylation sites (N-methyl/N-ethyl adjacent to an activating group) is 1. The summed E-state index contributed by atoms with van der Waals surface area (Å²) in [6.07, 6.45) is -0.701. The number of amides is 2. The maximum atomic E-state index is 11.8. The summed E-state index contributed by atoms with van der Waals surface area (Å²) in [6.45, 7) is 3.21. The lowest BCUT2D eigenvalue weighted by Gasteiger charge is -2.29. The van der Waals surface area contributed by atoms with E-state index in [0.717, 1.165) is 5.69 Å². The van der Waals surface area contributed by atoms with Gasteiger partial charge in [-0.25, -0.2) is 4.79 Å². The molecule has 0 unspecified atom stereocenters. The van der Waals surface area contributed by atoms with E-state index in [4.69, 9.17) is 15.2 Å². The van der Waals surface area contributed by atoms with Crippen LogP contribution in [0.4, 0.5) is 16.2 Å². The van der Waals surface area contributed by atoms with Crippen molar-refractivity contribution in [2.24, 2.45) is 5.73 Å². The number of hydrogen-bond acceptors (Lipinski definition) is 5. The first-order chi connectivity index (χ1) is 10.1. The third-order valence-electron chi connectivity index (χ3n) is 3.65. The van der Waals surface area contributed by atoms with E-state index in [1.807, 2.05) is 6.92 Å². The van der Waals surface area contributed by atoms with E-state index >= 15 is 0 Å². The smallest absolute Gasteiger partial charge is 0.414 e. The van der Waals surface area contributed by atoms with E-state index in [2.05, 4.69) is 0 Å². The number of carbonyl (C=O) groups excluding carboxylic acids is 2. The van der Waals surface area contributed by atoms with Gasteiger partial charge in [0, 0.05) is 19.2 Å². The zero-order valence-electron chi connectivity index (χ0n) is 11.7. The van der Waals surface area contributed by atoms with Crippen molar-refractivity contribution in [3.63, 3.8) is 0 Å². The Labute approximate surface area is 122 Å². The molecule has 2 aliphatic heterocycles. The van der Waals surface area contributed by atoms with Gasteiger partial charge in [0.15, 0.2) is 6.61 Å². The average molecular weight is 291 g/mol. The Balaban J connectivity index is 1.90. The first-order valence-electron chi connectivity index (χ1n) is 6.89. The van der Waals surface area contributed by atoms with E-state index in [9.17, 15) is 9.59 Å². The topological polar surface area (TPSA) is 85.1 Å². The Morgan fingerprint density at radius 1 is 1.38 bits per heavy atom. The van der Waals surface area contributed by atoms with Gasteiger partial charge in [-0.15, -0.1) is 0 Å². The lowest BCUT2D eigenvalue weighted by atomic mass is 10.2. The van der Waals surface area contributed by atoms with Crippen LogP contribution in [0.15, 0.2) is 18.2 Å². The fourth-order valence-corrected chi connectivity index (χ4v) is 2.56. The number of carbonyl (C=O) groups is 2. The Kier molecular flexibility index (Phi) is 3.42. The fraction of sp³-hybridized carbons (Fsp3) is 0.429. The van der Waals surface area contributed by atoms with Gasteiger partial charge in [-0.3, -0.25) is 9.69 Å². The van der Waals surface area contributed by atoms with Gasteiger partial charge < -0.3 is 20.1 Å². The molecule has 1 saturated heterocycles. The third-order valence-corrected chi connectivity index (χ3v) is 3.65. The van der Waals surface area contributed by atoms with Crippen molar-refractivity contribution in [3.05, 3.63) is 18.2 Å². The molecule has 1 aromatic rings. The van der Waals surface area contributed by atoms with Crippen LogP contribution in [0, 0.1) is 0 Å². The number of fused-ring (bicyclic) bond motifs is 1. The van der Waals surface area contributed by atoms with Gasteiger partial charge in [-0.05, 0) is 19.1 Å². The average Bonchev–Trinajstić information content (AvgIpc) is 2.88. The minimum absolute atomic E-state index is 0.0141. The Morgan fingerprint density at radius 2 is 2.19 bits per heavy atom. The maximum absolute atomic E-state index is 11.8. The van der Waals surface area contributed by atoms with Crippen LogP contribution in [-0.2, 0) is 9.53 Å². The van der Waals surface area contributed by atoms with E-state index in [0.29, 0.717) is 31.1 Å². The molecule has 1 atom stereocenters. The van der Waals surface area contributed by atoms with Crippen LogP contribution in [0.1, 0.15) is 6.92 Å². The first kappa shape index (κ1) is 13.7. The largest absolute Gasteiger partial charge is 0.481 e. The van der Waals surface area contributed by atoms with Gasteiger partial charge >= 0.3 is 6.09 Å². The molecule has 0 aliphatic carbocycles. The van der Waals surface area contributed by atoms with Crippen LogP contribution in [0.2, 0.25) is 0 Å². The molecule has 7 nitrogen and oxygen atoms in total. The summed E-state index contributed by atoms with van der Waals surface area (Å²) < 4.78 is 10.6. The molecule has 0 radical (unpaired) electrons. The van der Waals surface area contributed by atoms with Crippen molar-refractivity contribution >= 4 is 23.4 Å². The molecular weight excluding hydrogens is 274 g/mol. The van der Waals surface area contributed by atoms with Crippen molar-refractivity contribution in [1.82, 2.24) is 0 Å². The number of nitrogens with two attached hydrogens (primary N) is 1. The molecule has 3 rings (SSSR count). The zero-order chi connectivity index (χ0) is 15.0. The molecule has 1 aromatic carbocycles. The fourth-order valence-electron chi connectivity index (χ4n) is 2.56. The number of rotatable bonds is 3. The second-order valence-corrected chi connectivity index (χ2v) is 4.93. The zero-order valence-corrected chi connectivity index (χ0v) is 11.7. The Bertz CT molecular complexity index is 590. The van der Waals surface area contributed by atoms with Gasteiger partial charge in [-0.2, -0.15) is 0 Å². The summed E-state index contributed by atoms with van der Waals surface area (Å²) in [6, 6.07) is 5.32. The van der Waals surface area contributed by atoms with Crippen LogP contribution < -0.4 is 20.3 Å². The van der Waals surface area contributed by atoms with Crippen LogP contribution in [-0.4, -0.2) is 44.3 Å². The van der Waals surface area contributed by atoms with Gasteiger partial charge in [0.1, 0.15) is 11.9 Å². The number of anilines is 2. The molecule has 2 aliphatic rings. The molecule has 2 heterocycles. The van der Waals surface area contributed by atoms with Crippen molar-refractivity contribution < 1.29 is 19.1 Å². The summed E-state index contributed by atoms with van der Waals surface area (Å²) in [5, 5.41) is 0. The summed E-state index contributed by atoms with van der Waals surface area (Å²) in [5.41, 5.74) is 6.93. The molecule has 0 bridgehead atoms. The molecule has 2 amide bonds. The SMILES string of the molecule is CCN1C(=O)COc2cc(N3C[C@H](CN)OC3=O)ccc21. The molecular formula is C14H17N3O4. The highest BCUT2D eigenvalue weighted by molar-refractivity contribution is 5.99. The molecule has 21 heavy (non-hydrogen) atoms. The molecule has 7 heteroatoms. The monoisotopic (exact) mass is 291 g/mol. The van der Waals surface area contributed by atoms with Crippen molar-refractivity contribution in [2.75, 3.05) is 36.0 Å². The lowest BCUT2D eigenvalue weighted by molar-refractivity contribution is -0.121. The number of nitrogens with zero attached hydrogens (tertiary/aromatic N) is 2. The molecule has 0 aromatic heterocycles. The normalized spacial score (nSPS) is 21.1. The highest BCUT2D eigenvalue weighted by atomic mass is 16.6. The van der Waals surface area contributed by atoms with Crippen LogP contribution in [0.25, 0.3) is 0 Å². The van der Waals surface area contributed by atoms with Crippen LogP contribution in [0.3, 0.4) is 0 Å². The number of hydrogen-bond donors (Lipinski definition) is 1. The van der Waals surface area contributed by atoms with Crippen molar-refractivity contribution in [1.29, 1.82) is 0 Å². The van der Waals surface area contributed by atoms with Crippen LogP contribution >= 0.6 is 0 Å². The van der Waals surface area contributed by atoms with E-state index in [1.165, 1.54) is 4.90 Å². The minimum atomic E-state index is -0.412. The number of ether oxygens (including phenoxy) is 2. The van der Waals surface area contributed by atoms with Gasteiger partial charge in [-0.1, -0.05) is 0 Å². The molecule has 0 saturated carbocycles. The first-order valence-corrected chi connectivity index (χ1v) is 6.89. The molecule has 2 N–H and O–H groups in total. The molecule has 1 fully saturated rings. The number of benzene rings is 1. The summed E-state index contributed by atoms with van der Waals surface area (Å²) >= 11 is 0. The highest BCUT2D eigenvalue weighted by Crippen LogP contribution is 2.36. The summed E-state index contributed by atoms with van der Waals surface area (Å²) in [5.74, 6) is 0.527. The standard InChI is InChI=1S/C14H17N3O4/c1-2-16-11-4-3-9(5-12(11)20-8-13(16)18)17-7-10(6-15)21-14(17)19/h3-5,10H,2,6-8,15H2,1H3/t10-/m0/s1. The van der Waals surface area contributed by atoms with Gasteiger partial charge in [0.25, 0.3) is 5.91 Å². The summed E-state index contributed by atoms with van der Waals surface area (Å²) in [4.78, 5) is 26.8. The van der Waals surface area contributed by atoms with E-state index < -0.39 is 6.09 Å². The van der Waals surface area contributed by atoms with E-state index in [1.54, 1.807) is 23.1 Å². The minimum Gasteiger partial charge on any atom is -0.481 e. The number of cyclic esters (lactones) is 1.